The van der Waals surface area contributed by atoms with Gasteiger partial charge >= 0.3 is 0 Å². The second-order valence-electron chi connectivity index (χ2n) is 19.4. The Labute approximate surface area is 394 Å². The van der Waals surface area contributed by atoms with Gasteiger partial charge in [0.1, 0.15) is 0 Å². The van der Waals surface area contributed by atoms with Gasteiger partial charge < -0.3 is 33.3 Å². The SMILES string of the molecule is CCCCCCCCOC(CCCCCCCCOC(CCCCN1CCCC1)OCCCCCCCCC(OCCCCCCC)OCCCCCCC)OCCCCCCC. The molecule has 0 N–H and O–H groups in total. The predicted octanol–water partition coefficient (Wildman–Crippen LogP) is 17.1. The van der Waals surface area contributed by atoms with Crippen molar-refractivity contribution in [3.8, 4) is 0 Å². The minimum absolute atomic E-state index is 0.0131. The number of unbranched alkanes of at least 4 members (excludes halogenated alkanes) is 28. The molecule has 1 aliphatic heterocycles. The van der Waals surface area contributed by atoms with Crippen LogP contribution in [0.1, 0.15) is 285 Å². The number of hydrogen-bond acceptors (Lipinski definition) is 7. The first kappa shape index (κ1) is 60.7. The van der Waals surface area contributed by atoms with E-state index in [1.165, 1.54) is 225 Å². The number of ether oxygens (including phenoxy) is 6. The average molecular weight is 897 g/mol. The van der Waals surface area contributed by atoms with Gasteiger partial charge in [-0.1, -0.05) is 188 Å². The molecule has 0 spiro atoms. The fourth-order valence-corrected chi connectivity index (χ4v) is 8.83. The molecule has 0 aromatic rings. The van der Waals surface area contributed by atoms with E-state index in [2.05, 4.69) is 32.6 Å². The van der Waals surface area contributed by atoms with E-state index in [1.807, 2.05) is 0 Å². The Morgan fingerprint density at radius 2 is 0.492 bits per heavy atom. The molecule has 1 saturated heterocycles. The van der Waals surface area contributed by atoms with E-state index in [9.17, 15) is 0 Å². The van der Waals surface area contributed by atoms with Crippen molar-refractivity contribution in [1.29, 1.82) is 0 Å². The van der Waals surface area contributed by atoms with Crippen molar-refractivity contribution in [3.63, 3.8) is 0 Å². The molecular weight excluding hydrogens is 783 g/mol. The molecule has 0 bridgehead atoms. The van der Waals surface area contributed by atoms with Crippen LogP contribution in [0, 0.1) is 0 Å². The standard InChI is InChI=1S/C56H113NO6/c1-5-9-13-17-27-39-51-61-55(60-50-38-26-16-12-8-4)43-31-23-19-21-29-41-53-63-56(44-32-33-45-57-46-34-35-47-57)62-52-40-28-20-18-22-30-42-54(58-48-36-24-14-10-6-2)59-49-37-25-15-11-7-3/h54-56H,5-53H2,1-4H3. The van der Waals surface area contributed by atoms with Crippen LogP contribution in [0.25, 0.3) is 0 Å². The van der Waals surface area contributed by atoms with Crippen molar-refractivity contribution >= 4 is 0 Å². The number of nitrogens with zero attached hydrogens (tertiary/aromatic N) is 1. The molecule has 1 rings (SSSR count). The number of rotatable bonds is 54. The van der Waals surface area contributed by atoms with Crippen molar-refractivity contribution < 1.29 is 28.4 Å². The van der Waals surface area contributed by atoms with Crippen molar-refractivity contribution in [2.75, 3.05) is 59.3 Å². The first-order valence-corrected chi connectivity index (χ1v) is 28.6. The minimum Gasteiger partial charge on any atom is -0.353 e. The summed E-state index contributed by atoms with van der Waals surface area (Å²) in [6, 6.07) is 0. The molecule has 1 fully saturated rings. The topological polar surface area (TPSA) is 58.6 Å². The highest BCUT2D eigenvalue weighted by Gasteiger charge is 2.14. The van der Waals surface area contributed by atoms with Crippen LogP contribution in [0.2, 0.25) is 0 Å². The largest absolute Gasteiger partial charge is 0.353 e. The molecule has 0 aliphatic carbocycles. The van der Waals surface area contributed by atoms with E-state index in [1.54, 1.807) is 0 Å². The van der Waals surface area contributed by atoms with Crippen LogP contribution in [-0.4, -0.2) is 83.0 Å². The predicted molar refractivity (Wildman–Crippen MR) is 271 cm³/mol. The Morgan fingerprint density at radius 3 is 0.762 bits per heavy atom. The Bertz CT molecular complexity index is 827. The van der Waals surface area contributed by atoms with Gasteiger partial charge in [0.25, 0.3) is 0 Å². The third-order valence-electron chi connectivity index (χ3n) is 13.1. The van der Waals surface area contributed by atoms with E-state index in [0.717, 1.165) is 91.0 Å². The zero-order valence-electron chi connectivity index (χ0n) is 43.3. The summed E-state index contributed by atoms with van der Waals surface area (Å²) in [5.41, 5.74) is 0. The molecule has 2 atom stereocenters. The van der Waals surface area contributed by atoms with Crippen molar-refractivity contribution in [2.45, 2.75) is 303 Å². The van der Waals surface area contributed by atoms with Crippen LogP contribution in [0.3, 0.4) is 0 Å². The molecule has 0 aromatic heterocycles. The summed E-state index contributed by atoms with van der Waals surface area (Å²) in [5.74, 6) is 0. The summed E-state index contributed by atoms with van der Waals surface area (Å²) in [6.45, 7) is 18.0. The quantitative estimate of drug-likeness (QED) is 0.0445. The third-order valence-corrected chi connectivity index (χ3v) is 13.1. The van der Waals surface area contributed by atoms with Crippen LogP contribution >= 0.6 is 0 Å². The Hall–Kier alpha value is -0.280. The molecule has 2 unspecified atom stereocenters. The minimum atomic E-state index is -0.0429. The second kappa shape index (κ2) is 51.1. The maximum absolute atomic E-state index is 6.41. The maximum atomic E-state index is 6.41. The Morgan fingerprint density at radius 1 is 0.270 bits per heavy atom. The van der Waals surface area contributed by atoms with E-state index in [0.29, 0.717) is 0 Å². The first-order valence-electron chi connectivity index (χ1n) is 28.6. The van der Waals surface area contributed by atoms with Crippen molar-refractivity contribution in [1.82, 2.24) is 4.90 Å². The molecule has 7 nitrogen and oxygen atoms in total. The lowest BCUT2D eigenvalue weighted by atomic mass is 10.1. The monoisotopic (exact) mass is 896 g/mol. The van der Waals surface area contributed by atoms with Crippen LogP contribution in [-0.2, 0) is 28.4 Å². The second-order valence-corrected chi connectivity index (χ2v) is 19.4. The van der Waals surface area contributed by atoms with Gasteiger partial charge in [0, 0.05) is 39.6 Å². The molecule has 0 saturated carbocycles. The number of hydrogen-bond donors (Lipinski definition) is 0. The molecule has 378 valence electrons. The summed E-state index contributed by atoms with van der Waals surface area (Å²) < 4.78 is 37.8. The molecular formula is C56H113NO6. The lowest BCUT2D eigenvalue weighted by Crippen LogP contribution is -2.22. The average Bonchev–Trinajstić information content (AvgIpc) is 3.82. The van der Waals surface area contributed by atoms with Gasteiger partial charge in [-0.25, -0.2) is 0 Å². The normalized spacial score (nSPS) is 14.4. The molecule has 0 amide bonds. The van der Waals surface area contributed by atoms with E-state index >= 15 is 0 Å². The van der Waals surface area contributed by atoms with Gasteiger partial charge in [-0.05, 0) is 116 Å². The molecule has 63 heavy (non-hydrogen) atoms. The molecule has 1 heterocycles. The smallest absolute Gasteiger partial charge is 0.157 e. The van der Waals surface area contributed by atoms with Crippen LogP contribution in [0.4, 0.5) is 0 Å². The van der Waals surface area contributed by atoms with Gasteiger partial charge in [0.05, 0.1) is 0 Å². The highest BCUT2D eigenvalue weighted by molar-refractivity contribution is 4.66. The van der Waals surface area contributed by atoms with Crippen molar-refractivity contribution in [3.05, 3.63) is 0 Å². The van der Waals surface area contributed by atoms with Crippen molar-refractivity contribution in [2.24, 2.45) is 0 Å². The summed E-state index contributed by atoms with van der Waals surface area (Å²) in [5, 5.41) is 0. The van der Waals surface area contributed by atoms with E-state index < -0.39 is 0 Å². The zero-order valence-corrected chi connectivity index (χ0v) is 43.3. The van der Waals surface area contributed by atoms with Gasteiger partial charge in [0.15, 0.2) is 18.9 Å². The van der Waals surface area contributed by atoms with Crippen LogP contribution < -0.4 is 0 Å². The summed E-state index contributed by atoms with van der Waals surface area (Å²) in [4.78, 5) is 2.63. The first-order chi connectivity index (χ1) is 31.2. The van der Waals surface area contributed by atoms with E-state index in [4.69, 9.17) is 28.4 Å². The van der Waals surface area contributed by atoms with Gasteiger partial charge in [-0.15, -0.1) is 0 Å². The molecule has 7 heteroatoms. The molecule has 0 radical (unpaired) electrons. The van der Waals surface area contributed by atoms with Crippen LogP contribution in [0.5, 0.6) is 0 Å². The fraction of sp³-hybridized carbons (Fsp3) is 1.00. The van der Waals surface area contributed by atoms with Gasteiger partial charge in [-0.2, -0.15) is 0 Å². The summed E-state index contributed by atoms with van der Waals surface area (Å²) in [6.07, 6.45) is 50.1. The Kier molecular flexibility index (Phi) is 49.3. The highest BCUT2D eigenvalue weighted by atomic mass is 16.7. The summed E-state index contributed by atoms with van der Waals surface area (Å²) >= 11 is 0. The number of likely N-dealkylation sites (tertiary alicyclic amines) is 1. The van der Waals surface area contributed by atoms with Crippen LogP contribution in [0.15, 0.2) is 0 Å². The summed E-state index contributed by atoms with van der Waals surface area (Å²) in [7, 11) is 0. The van der Waals surface area contributed by atoms with Gasteiger partial charge in [0.2, 0.25) is 0 Å². The van der Waals surface area contributed by atoms with E-state index in [-0.39, 0.29) is 18.9 Å². The third kappa shape index (κ3) is 44.0. The fourth-order valence-electron chi connectivity index (χ4n) is 8.83. The lowest BCUT2D eigenvalue weighted by molar-refractivity contribution is -0.148. The maximum Gasteiger partial charge on any atom is 0.157 e. The van der Waals surface area contributed by atoms with Gasteiger partial charge in [-0.3, -0.25) is 0 Å². The molecule has 0 aromatic carbocycles. The zero-order chi connectivity index (χ0) is 45.2. The molecule has 1 aliphatic rings. The lowest BCUT2D eigenvalue weighted by Gasteiger charge is -2.20. The Balaban J connectivity index is 2.29. The highest BCUT2D eigenvalue weighted by Crippen LogP contribution is 2.18.